The molecule has 2 rings (SSSR count). The Morgan fingerprint density at radius 3 is 2.71 bits per heavy atom. The monoisotopic (exact) mass is 232 g/mol. The molecule has 0 fully saturated rings. The average Bonchev–Trinajstić information content (AvgIpc) is 2.49. The van der Waals surface area contributed by atoms with Crippen molar-refractivity contribution in [3.63, 3.8) is 0 Å². The average molecular weight is 232 g/mol. The van der Waals surface area contributed by atoms with Gasteiger partial charge in [0.1, 0.15) is 6.04 Å². The molecule has 1 unspecified atom stereocenters. The van der Waals surface area contributed by atoms with Crippen LogP contribution in [0.3, 0.4) is 0 Å². The van der Waals surface area contributed by atoms with Crippen LogP contribution in [0.5, 0.6) is 0 Å². The second-order valence-corrected chi connectivity index (χ2v) is 4.80. The van der Waals surface area contributed by atoms with Crippen molar-refractivity contribution in [2.75, 3.05) is 18.5 Å². The second-order valence-electron chi connectivity index (χ2n) is 4.80. The van der Waals surface area contributed by atoms with Gasteiger partial charge in [-0.2, -0.15) is 0 Å². The third kappa shape index (κ3) is 1.95. The minimum absolute atomic E-state index is 0.155. The standard InChI is InChI=1S/C14H20N2O/c1-5-6-15-12-11-8-9(2)7-10(3)13(11)16(4)14(12)17/h7-8,12,15H,5-6H2,1-4H3. The molecule has 92 valence electrons. The van der Waals surface area contributed by atoms with E-state index in [9.17, 15) is 4.79 Å². The third-order valence-electron chi connectivity index (χ3n) is 3.30. The van der Waals surface area contributed by atoms with E-state index in [1.807, 2.05) is 7.05 Å². The van der Waals surface area contributed by atoms with Gasteiger partial charge < -0.3 is 10.2 Å². The predicted octanol–water partition coefficient (Wildman–Crippen LogP) is 2.32. The van der Waals surface area contributed by atoms with Gasteiger partial charge in [-0.1, -0.05) is 24.6 Å². The predicted molar refractivity (Wildman–Crippen MR) is 70.4 cm³/mol. The first-order chi connectivity index (χ1) is 8.06. The van der Waals surface area contributed by atoms with Gasteiger partial charge in [-0.3, -0.25) is 4.79 Å². The molecule has 3 nitrogen and oxygen atoms in total. The molecule has 1 N–H and O–H groups in total. The number of hydrogen-bond donors (Lipinski definition) is 1. The van der Waals surface area contributed by atoms with Crippen molar-refractivity contribution in [1.82, 2.24) is 5.32 Å². The van der Waals surface area contributed by atoms with Crippen molar-refractivity contribution < 1.29 is 4.79 Å². The lowest BCUT2D eigenvalue weighted by molar-refractivity contribution is -0.119. The van der Waals surface area contributed by atoms with Crippen LogP contribution in [0, 0.1) is 13.8 Å². The fourth-order valence-electron chi connectivity index (χ4n) is 2.59. The molecule has 1 aromatic rings. The van der Waals surface area contributed by atoms with E-state index in [2.05, 4.69) is 38.2 Å². The van der Waals surface area contributed by atoms with E-state index < -0.39 is 0 Å². The third-order valence-corrected chi connectivity index (χ3v) is 3.30. The number of carbonyl (C=O) groups excluding carboxylic acids is 1. The van der Waals surface area contributed by atoms with Gasteiger partial charge in [-0.15, -0.1) is 0 Å². The van der Waals surface area contributed by atoms with Crippen LogP contribution >= 0.6 is 0 Å². The topological polar surface area (TPSA) is 32.3 Å². The van der Waals surface area contributed by atoms with Crippen LogP contribution in [-0.4, -0.2) is 19.5 Å². The van der Waals surface area contributed by atoms with Gasteiger partial charge in [0.25, 0.3) is 0 Å². The van der Waals surface area contributed by atoms with Gasteiger partial charge in [0.05, 0.1) is 5.69 Å². The number of fused-ring (bicyclic) bond motifs is 1. The molecule has 1 aliphatic rings. The number of benzene rings is 1. The maximum Gasteiger partial charge on any atom is 0.248 e. The number of amides is 1. The molecule has 1 aromatic carbocycles. The summed E-state index contributed by atoms with van der Waals surface area (Å²) in [5, 5.41) is 3.33. The van der Waals surface area contributed by atoms with Crippen LogP contribution in [0.1, 0.15) is 36.1 Å². The lowest BCUT2D eigenvalue weighted by atomic mass is 10.0. The van der Waals surface area contributed by atoms with Crippen molar-refractivity contribution in [3.05, 3.63) is 28.8 Å². The molecule has 0 aromatic heterocycles. The van der Waals surface area contributed by atoms with Gasteiger partial charge in [-0.25, -0.2) is 0 Å². The molecule has 0 radical (unpaired) electrons. The van der Waals surface area contributed by atoms with E-state index in [-0.39, 0.29) is 11.9 Å². The normalized spacial score (nSPS) is 18.7. The number of nitrogens with zero attached hydrogens (tertiary/aromatic N) is 1. The summed E-state index contributed by atoms with van der Waals surface area (Å²) in [6.45, 7) is 7.12. The van der Waals surface area contributed by atoms with Gasteiger partial charge in [0.15, 0.2) is 0 Å². The van der Waals surface area contributed by atoms with E-state index in [4.69, 9.17) is 0 Å². The summed E-state index contributed by atoms with van der Waals surface area (Å²) in [7, 11) is 1.86. The Morgan fingerprint density at radius 2 is 2.06 bits per heavy atom. The number of carbonyl (C=O) groups is 1. The van der Waals surface area contributed by atoms with E-state index in [0.29, 0.717) is 0 Å². The molecule has 0 spiro atoms. The number of aryl methyl sites for hydroxylation is 2. The van der Waals surface area contributed by atoms with E-state index in [1.54, 1.807) is 4.90 Å². The Labute approximate surface area is 103 Å². The van der Waals surface area contributed by atoms with E-state index in [0.717, 1.165) is 24.2 Å². The Kier molecular flexibility index (Phi) is 3.20. The smallest absolute Gasteiger partial charge is 0.248 e. The molecule has 1 aliphatic heterocycles. The number of rotatable bonds is 3. The Hall–Kier alpha value is -1.35. The first kappa shape index (κ1) is 12.1. The molecule has 17 heavy (non-hydrogen) atoms. The summed E-state index contributed by atoms with van der Waals surface area (Å²) in [5.74, 6) is 0.155. The molecule has 1 heterocycles. The first-order valence-electron chi connectivity index (χ1n) is 6.18. The van der Waals surface area contributed by atoms with Gasteiger partial charge in [0, 0.05) is 12.6 Å². The lowest BCUT2D eigenvalue weighted by Crippen LogP contribution is -2.32. The molecule has 0 saturated carbocycles. The van der Waals surface area contributed by atoms with Gasteiger partial charge in [0.2, 0.25) is 5.91 Å². The van der Waals surface area contributed by atoms with E-state index >= 15 is 0 Å². The lowest BCUT2D eigenvalue weighted by Gasteiger charge is -2.13. The highest BCUT2D eigenvalue weighted by Gasteiger charge is 2.35. The van der Waals surface area contributed by atoms with E-state index in [1.165, 1.54) is 11.1 Å². The summed E-state index contributed by atoms with van der Waals surface area (Å²) >= 11 is 0. The molecule has 1 atom stereocenters. The fraction of sp³-hybridized carbons (Fsp3) is 0.500. The summed E-state index contributed by atoms with van der Waals surface area (Å²) in [6.07, 6.45) is 1.04. The molecular formula is C14H20N2O. The zero-order valence-electron chi connectivity index (χ0n) is 11.0. The Balaban J connectivity index is 2.44. The molecule has 0 bridgehead atoms. The summed E-state index contributed by atoms with van der Waals surface area (Å²) < 4.78 is 0. The summed E-state index contributed by atoms with van der Waals surface area (Å²) in [5.41, 5.74) is 4.60. The van der Waals surface area contributed by atoms with Crippen LogP contribution in [-0.2, 0) is 4.79 Å². The highest BCUT2D eigenvalue weighted by atomic mass is 16.2. The zero-order chi connectivity index (χ0) is 12.6. The zero-order valence-corrected chi connectivity index (χ0v) is 11.0. The van der Waals surface area contributed by atoms with Crippen molar-refractivity contribution in [2.24, 2.45) is 0 Å². The van der Waals surface area contributed by atoms with Crippen LogP contribution in [0.25, 0.3) is 0 Å². The van der Waals surface area contributed by atoms with Crippen molar-refractivity contribution in [2.45, 2.75) is 33.2 Å². The molecule has 1 amide bonds. The first-order valence-corrected chi connectivity index (χ1v) is 6.18. The summed E-state index contributed by atoms with van der Waals surface area (Å²) in [6, 6.07) is 4.09. The Bertz CT molecular complexity index is 454. The number of nitrogens with one attached hydrogen (secondary N) is 1. The maximum absolute atomic E-state index is 12.2. The minimum Gasteiger partial charge on any atom is -0.313 e. The van der Waals surface area contributed by atoms with Crippen LogP contribution in [0.4, 0.5) is 5.69 Å². The maximum atomic E-state index is 12.2. The number of likely N-dealkylation sites (N-methyl/N-ethyl adjacent to an activating group) is 1. The van der Waals surface area contributed by atoms with Crippen LogP contribution in [0.2, 0.25) is 0 Å². The molecule has 0 saturated heterocycles. The second kappa shape index (κ2) is 4.49. The molecule has 0 aliphatic carbocycles. The summed E-state index contributed by atoms with van der Waals surface area (Å²) in [4.78, 5) is 14.0. The van der Waals surface area contributed by atoms with Crippen molar-refractivity contribution in [3.8, 4) is 0 Å². The Morgan fingerprint density at radius 1 is 1.35 bits per heavy atom. The fourth-order valence-corrected chi connectivity index (χ4v) is 2.59. The van der Waals surface area contributed by atoms with Crippen molar-refractivity contribution >= 4 is 11.6 Å². The van der Waals surface area contributed by atoms with Crippen LogP contribution < -0.4 is 10.2 Å². The highest BCUT2D eigenvalue weighted by molar-refractivity contribution is 6.05. The molecule has 3 heteroatoms. The van der Waals surface area contributed by atoms with Gasteiger partial charge in [-0.05, 0) is 32.4 Å². The quantitative estimate of drug-likeness (QED) is 0.867. The number of anilines is 1. The molecular weight excluding hydrogens is 212 g/mol. The number of hydrogen-bond acceptors (Lipinski definition) is 2. The van der Waals surface area contributed by atoms with Crippen LogP contribution in [0.15, 0.2) is 12.1 Å². The minimum atomic E-state index is -0.159. The van der Waals surface area contributed by atoms with Gasteiger partial charge >= 0.3 is 0 Å². The largest absolute Gasteiger partial charge is 0.313 e. The highest BCUT2D eigenvalue weighted by Crippen LogP contribution is 2.38. The van der Waals surface area contributed by atoms with Crippen molar-refractivity contribution in [1.29, 1.82) is 0 Å². The SMILES string of the molecule is CCCNC1C(=O)N(C)c2c(C)cc(C)cc21.